The van der Waals surface area contributed by atoms with Crippen LogP contribution in [0.2, 0.25) is 0 Å². The summed E-state index contributed by atoms with van der Waals surface area (Å²) in [5.41, 5.74) is 0. The molecule has 0 unspecified atom stereocenters. The number of halogens is 2. The maximum absolute atomic E-state index is 4.89. The van der Waals surface area contributed by atoms with Crippen LogP contribution in [0.1, 0.15) is 45.4 Å². The zero-order valence-electron chi connectivity index (χ0n) is 7.97. The second-order valence-electron chi connectivity index (χ2n) is 2.66. The second kappa shape index (κ2) is 18.8. The van der Waals surface area contributed by atoms with Gasteiger partial charge in [0.1, 0.15) is 0 Å². The van der Waals surface area contributed by atoms with Crippen molar-refractivity contribution in [2.45, 2.75) is 45.4 Å². The molecule has 0 aliphatic carbocycles. The standard InChI is InChI=1S/C8H17O.Cl2O.V/c1-2-3-4-5-6-7-8-9;1-3-2;/h2-8H2,1H3;;/q-1;;+1. The van der Waals surface area contributed by atoms with Crippen molar-refractivity contribution in [3.8, 4) is 0 Å². The van der Waals surface area contributed by atoms with Gasteiger partial charge in [0.25, 0.3) is 0 Å². The quantitative estimate of drug-likeness (QED) is 0.645. The number of hydrogen-bond acceptors (Lipinski definition) is 2. The molecule has 0 atom stereocenters. The number of unbranched alkanes of at least 4 members (excludes halogenated alkanes) is 5. The van der Waals surface area contributed by atoms with Gasteiger partial charge in [-0.05, 0) is 0 Å². The van der Waals surface area contributed by atoms with Crippen LogP contribution in [0.3, 0.4) is 0 Å². The Morgan fingerprint density at radius 3 is 1.92 bits per heavy atom. The van der Waals surface area contributed by atoms with Gasteiger partial charge < -0.3 is 0 Å². The van der Waals surface area contributed by atoms with Crippen LogP contribution in [0.15, 0.2) is 0 Å². The molecule has 0 rings (SSSR count). The minimum absolute atomic E-state index is 0.909. The summed E-state index contributed by atoms with van der Waals surface area (Å²) in [4.78, 5) is 0. The molecule has 0 spiro atoms. The largest absolute Gasteiger partial charge is 0.166 e. The first-order chi connectivity index (χ1) is 6.33. The van der Waals surface area contributed by atoms with Crippen molar-refractivity contribution < 1.29 is 25.3 Å². The molecule has 80 valence electrons. The predicted molar refractivity (Wildman–Crippen MR) is 52.1 cm³/mol. The predicted octanol–water partition coefficient (Wildman–Crippen LogP) is 4.14. The van der Waals surface area contributed by atoms with E-state index < -0.39 is 0 Å². The summed E-state index contributed by atoms with van der Waals surface area (Å²) in [6, 6.07) is 0. The third-order valence-electron chi connectivity index (χ3n) is 1.59. The van der Waals surface area contributed by atoms with E-state index in [1.807, 2.05) is 0 Å². The fraction of sp³-hybridized carbons (Fsp3) is 1.00. The third kappa shape index (κ3) is 24.6. The van der Waals surface area contributed by atoms with Gasteiger partial charge in [-0.15, -0.1) is 0 Å². The van der Waals surface area contributed by atoms with Gasteiger partial charge in [-0.3, -0.25) is 0 Å². The molecule has 13 heavy (non-hydrogen) atoms. The van der Waals surface area contributed by atoms with Crippen LogP contribution in [0.4, 0.5) is 0 Å². The second-order valence-corrected chi connectivity index (χ2v) is 3.53. The fourth-order valence-corrected chi connectivity index (χ4v) is 1.15. The van der Waals surface area contributed by atoms with Gasteiger partial charge in [0.2, 0.25) is 0 Å². The molecular formula is C8H17Cl2O2V. The summed E-state index contributed by atoms with van der Waals surface area (Å²) >= 11 is 10.7. The van der Waals surface area contributed by atoms with E-state index >= 15 is 0 Å². The molecule has 0 radical (unpaired) electrons. The summed E-state index contributed by atoms with van der Waals surface area (Å²) < 4.78 is 8.08. The molecule has 0 aromatic carbocycles. The molecule has 0 bridgehead atoms. The first-order valence-electron chi connectivity index (χ1n) is 4.49. The summed E-state index contributed by atoms with van der Waals surface area (Å²) in [7, 11) is 0. The molecular weight excluding hydrogens is 250 g/mol. The van der Waals surface area contributed by atoms with Crippen molar-refractivity contribution in [1.82, 2.24) is 0 Å². The Bertz CT molecular complexity index is 69.2. The number of hydrogen-bond donors (Lipinski definition) is 0. The normalized spacial score (nSPS) is 9.15. The Morgan fingerprint density at radius 2 is 1.46 bits per heavy atom. The van der Waals surface area contributed by atoms with Crippen LogP contribution in [-0.4, -0.2) is 6.61 Å². The molecule has 0 aromatic heterocycles. The van der Waals surface area contributed by atoms with Gasteiger partial charge in [-0.2, -0.15) is 3.84 Å². The zero-order valence-corrected chi connectivity index (χ0v) is 10.9. The Hall–Kier alpha value is 1.08. The third-order valence-corrected chi connectivity index (χ3v) is 1.87. The SMILES string of the molecule is CCCCCCCC[O][V].ClOCl. The summed E-state index contributed by atoms with van der Waals surface area (Å²) in [5, 5.41) is 0. The van der Waals surface area contributed by atoms with Gasteiger partial charge >= 0.3 is 73.5 Å². The molecule has 2 nitrogen and oxygen atoms in total. The van der Waals surface area contributed by atoms with Crippen LogP contribution < -0.4 is 0 Å². The van der Waals surface area contributed by atoms with Crippen LogP contribution in [0, 0.1) is 0 Å². The first-order valence-corrected chi connectivity index (χ1v) is 5.67. The van der Waals surface area contributed by atoms with Crippen molar-refractivity contribution in [1.29, 1.82) is 0 Å². The Balaban J connectivity index is 0. The van der Waals surface area contributed by atoms with Crippen LogP contribution in [0.5, 0.6) is 0 Å². The summed E-state index contributed by atoms with van der Waals surface area (Å²) in [5.74, 6) is 0. The molecule has 5 heteroatoms. The smallest absolute Gasteiger partial charge is 0.0832 e. The van der Waals surface area contributed by atoms with E-state index in [0.29, 0.717) is 0 Å². The van der Waals surface area contributed by atoms with Gasteiger partial charge in [0, 0.05) is 0 Å². The van der Waals surface area contributed by atoms with Crippen molar-refractivity contribution in [3.05, 3.63) is 0 Å². The Morgan fingerprint density at radius 1 is 1.00 bits per heavy atom. The average Bonchev–Trinajstić information content (AvgIpc) is 2.13. The first kappa shape index (κ1) is 16.5. The van der Waals surface area contributed by atoms with Gasteiger partial charge in [-0.25, -0.2) is 0 Å². The Labute approximate surface area is 101 Å². The van der Waals surface area contributed by atoms with Gasteiger partial charge in [0.15, 0.2) is 0 Å². The molecule has 0 saturated carbocycles. The van der Waals surface area contributed by atoms with Gasteiger partial charge in [-0.1, -0.05) is 0 Å². The van der Waals surface area contributed by atoms with E-state index in [-0.39, 0.29) is 0 Å². The molecule has 0 aromatic rings. The number of rotatable bonds is 7. The van der Waals surface area contributed by atoms with Crippen LogP contribution >= 0.6 is 23.7 Å². The van der Waals surface area contributed by atoms with E-state index in [1.54, 1.807) is 0 Å². The average molecular weight is 267 g/mol. The molecule has 0 aliphatic heterocycles. The molecule has 0 fully saturated rings. The molecule has 0 amide bonds. The molecule has 0 aliphatic rings. The van der Waals surface area contributed by atoms with E-state index in [2.05, 4.69) is 52.3 Å². The van der Waals surface area contributed by atoms with Crippen molar-refractivity contribution >= 4 is 23.7 Å². The topological polar surface area (TPSA) is 18.5 Å². The van der Waals surface area contributed by atoms with Crippen LogP contribution in [-0.2, 0) is 25.3 Å². The zero-order chi connectivity index (χ0) is 10.4. The van der Waals surface area contributed by atoms with Crippen LogP contribution in [0.25, 0.3) is 0 Å². The monoisotopic (exact) mass is 266 g/mol. The summed E-state index contributed by atoms with van der Waals surface area (Å²) in [6.07, 6.45) is 8.06. The molecule has 0 N–H and O–H groups in total. The van der Waals surface area contributed by atoms with Crippen molar-refractivity contribution in [3.63, 3.8) is 0 Å². The van der Waals surface area contributed by atoms with Crippen molar-refractivity contribution in [2.24, 2.45) is 0 Å². The van der Waals surface area contributed by atoms with Gasteiger partial charge in [0.05, 0.1) is 23.7 Å². The van der Waals surface area contributed by atoms with E-state index in [1.165, 1.54) is 38.5 Å². The molecule has 0 saturated heterocycles. The van der Waals surface area contributed by atoms with E-state index in [0.717, 1.165) is 6.61 Å². The minimum Gasteiger partial charge on any atom is -0.166 e. The van der Waals surface area contributed by atoms with E-state index in [4.69, 9.17) is 3.66 Å². The maximum Gasteiger partial charge on any atom is 0.0832 e. The van der Waals surface area contributed by atoms with Crippen molar-refractivity contribution in [2.75, 3.05) is 6.61 Å². The Kier molecular flexibility index (Phi) is 23.9. The molecule has 0 heterocycles. The summed E-state index contributed by atoms with van der Waals surface area (Å²) in [6.45, 7) is 3.15. The van der Waals surface area contributed by atoms with E-state index in [9.17, 15) is 0 Å². The maximum atomic E-state index is 4.89. The fourth-order valence-electron chi connectivity index (χ4n) is 0.947. The minimum atomic E-state index is 0.909.